The van der Waals surface area contributed by atoms with Crippen molar-refractivity contribution in [2.45, 2.75) is 13.1 Å². The van der Waals surface area contributed by atoms with Gasteiger partial charge in [0, 0.05) is 5.56 Å². The minimum Gasteiger partial charge on any atom is -0.430 e. The van der Waals surface area contributed by atoms with Crippen LogP contribution < -0.4 is 5.56 Å². The summed E-state index contributed by atoms with van der Waals surface area (Å²) in [5.74, 6) is 0. The van der Waals surface area contributed by atoms with E-state index in [0.717, 1.165) is 28.2 Å². The van der Waals surface area contributed by atoms with E-state index in [4.69, 9.17) is 4.42 Å². The fraction of sp³-hybridized carbons (Fsp3) is 0.0833. The van der Waals surface area contributed by atoms with Crippen LogP contribution in [-0.4, -0.2) is 20.9 Å². The van der Waals surface area contributed by atoms with Gasteiger partial charge in [-0.05, 0) is 18.6 Å². The number of rotatable bonds is 3. The van der Waals surface area contributed by atoms with Gasteiger partial charge in [-0.1, -0.05) is 60.2 Å². The lowest BCUT2D eigenvalue weighted by molar-refractivity contribution is -0.136. The topological polar surface area (TPSA) is 73.3 Å². The summed E-state index contributed by atoms with van der Waals surface area (Å²) in [5.41, 5.74) is -0.223. The molecule has 0 aliphatic carbocycles. The predicted molar refractivity (Wildman–Crippen MR) is 118 cm³/mol. The molecule has 6 nitrogen and oxygen atoms in total. The molecule has 0 spiro atoms. The van der Waals surface area contributed by atoms with Gasteiger partial charge in [-0.3, -0.25) is 4.79 Å². The first kappa shape index (κ1) is 20.6. The molecule has 0 fully saturated rings. The van der Waals surface area contributed by atoms with Crippen LogP contribution in [0.4, 0.5) is 13.2 Å². The van der Waals surface area contributed by atoms with Crippen LogP contribution in [0.25, 0.3) is 33.5 Å². The Balaban J connectivity index is 1.70. The Morgan fingerprint density at radius 3 is 2.48 bits per heavy atom. The van der Waals surface area contributed by atoms with Gasteiger partial charge in [0.25, 0.3) is 0 Å². The molecule has 5 aromatic rings. The monoisotopic (exact) mass is 448 g/mol. The van der Waals surface area contributed by atoms with Crippen LogP contribution in [0, 0.1) is 6.92 Å². The summed E-state index contributed by atoms with van der Waals surface area (Å²) in [6.45, 7) is 1.94. The largest absolute Gasteiger partial charge is 0.430 e. The second-order valence-electron chi connectivity index (χ2n) is 7.43. The summed E-state index contributed by atoms with van der Waals surface area (Å²) in [6, 6.07) is 16.8. The van der Waals surface area contributed by atoms with Crippen molar-refractivity contribution in [3.05, 3.63) is 94.0 Å². The Morgan fingerprint density at radius 2 is 1.79 bits per heavy atom. The van der Waals surface area contributed by atoms with Crippen molar-refractivity contribution in [3.63, 3.8) is 0 Å². The van der Waals surface area contributed by atoms with Gasteiger partial charge in [0.1, 0.15) is 11.8 Å². The molecule has 0 unspecified atom stereocenters. The van der Waals surface area contributed by atoms with Crippen LogP contribution in [0.15, 0.2) is 81.3 Å². The molecule has 0 saturated carbocycles. The lowest BCUT2D eigenvalue weighted by atomic mass is 10.1. The molecule has 0 saturated heterocycles. The molecule has 9 heteroatoms. The average Bonchev–Trinajstić information content (AvgIpc) is 3.18. The first-order valence-electron chi connectivity index (χ1n) is 9.90. The molecule has 0 radical (unpaired) electrons. The van der Waals surface area contributed by atoms with Crippen molar-refractivity contribution in [1.82, 2.24) is 14.6 Å². The number of aromatic nitrogens is 3. The second kappa shape index (κ2) is 7.70. The molecule has 0 aliphatic rings. The molecule has 33 heavy (non-hydrogen) atoms. The highest BCUT2D eigenvalue weighted by Gasteiger charge is 2.36. The Labute approximate surface area is 184 Å². The number of hydrogen-bond donors (Lipinski definition) is 0. The molecule has 164 valence electrons. The highest BCUT2D eigenvalue weighted by atomic mass is 19.4. The lowest BCUT2D eigenvalue weighted by Gasteiger charge is -2.10. The molecule has 2 aromatic carbocycles. The van der Waals surface area contributed by atoms with Crippen LogP contribution in [0.2, 0.25) is 0 Å². The molecular weight excluding hydrogens is 433 g/mol. The fourth-order valence-corrected chi connectivity index (χ4v) is 3.46. The van der Waals surface area contributed by atoms with Crippen molar-refractivity contribution >= 4 is 28.4 Å². The highest BCUT2D eigenvalue weighted by molar-refractivity contribution is 6.03. The summed E-state index contributed by atoms with van der Waals surface area (Å²) < 4.78 is 48.2. The van der Waals surface area contributed by atoms with Gasteiger partial charge in [0.05, 0.1) is 22.9 Å². The van der Waals surface area contributed by atoms with E-state index >= 15 is 0 Å². The number of pyridine rings is 1. The molecule has 0 aliphatic heterocycles. The average molecular weight is 448 g/mol. The van der Waals surface area contributed by atoms with Crippen molar-refractivity contribution in [2.75, 3.05) is 0 Å². The van der Waals surface area contributed by atoms with E-state index in [0.29, 0.717) is 5.56 Å². The van der Waals surface area contributed by atoms with Crippen molar-refractivity contribution in [2.24, 2.45) is 5.10 Å². The number of fused-ring (bicyclic) bond motifs is 3. The Hall–Kier alpha value is -4.27. The lowest BCUT2D eigenvalue weighted by Crippen LogP contribution is -2.16. The number of hydrogen-bond acceptors (Lipinski definition) is 5. The van der Waals surface area contributed by atoms with Gasteiger partial charge in [-0.2, -0.15) is 22.9 Å². The predicted octanol–water partition coefficient (Wildman–Crippen LogP) is 5.41. The zero-order valence-corrected chi connectivity index (χ0v) is 17.2. The van der Waals surface area contributed by atoms with Crippen LogP contribution in [0.1, 0.15) is 16.7 Å². The Morgan fingerprint density at radius 1 is 1.06 bits per heavy atom. The van der Waals surface area contributed by atoms with E-state index in [1.165, 1.54) is 6.21 Å². The third kappa shape index (κ3) is 3.78. The molecular formula is C24H15F3N4O2. The molecule has 3 heterocycles. The number of nitrogens with zero attached hydrogens (tertiary/aromatic N) is 4. The van der Waals surface area contributed by atoms with E-state index in [9.17, 15) is 18.0 Å². The second-order valence-corrected chi connectivity index (χ2v) is 7.43. The van der Waals surface area contributed by atoms with E-state index in [-0.39, 0.29) is 27.9 Å². The smallest absolute Gasteiger partial charge is 0.417 e. The molecule has 0 N–H and O–H groups in total. The molecule has 3 aromatic heterocycles. The maximum atomic E-state index is 13.9. The summed E-state index contributed by atoms with van der Waals surface area (Å²) in [6.07, 6.45) is -2.19. The van der Waals surface area contributed by atoms with Crippen LogP contribution in [0.3, 0.4) is 0 Å². The summed E-state index contributed by atoms with van der Waals surface area (Å²) in [5, 5.41) is 3.72. The minimum atomic E-state index is -4.71. The zero-order valence-electron chi connectivity index (χ0n) is 17.2. The molecule has 0 bridgehead atoms. The number of benzene rings is 2. The number of alkyl halides is 3. The summed E-state index contributed by atoms with van der Waals surface area (Å²) in [7, 11) is 0. The molecule has 0 atom stereocenters. The highest BCUT2D eigenvalue weighted by Crippen LogP contribution is 2.39. The van der Waals surface area contributed by atoms with Crippen LogP contribution in [0.5, 0.6) is 0 Å². The van der Waals surface area contributed by atoms with Gasteiger partial charge < -0.3 is 4.42 Å². The van der Waals surface area contributed by atoms with Crippen LogP contribution in [-0.2, 0) is 6.18 Å². The molecule has 0 amide bonds. The first-order chi connectivity index (χ1) is 15.8. The Kier molecular flexibility index (Phi) is 4.81. The Bertz CT molecular complexity index is 1570. The van der Waals surface area contributed by atoms with Crippen LogP contribution >= 0.6 is 0 Å². The van der Waals surface area contributed by atoms with Gasteiger partial charge >= 0.3 is 11.7 Å². The first-order valence-corrected chi connectivity index (χ1v) is 9.90. The summed E-state index contributed by atoms with van der Waals surface area (Å²) >= 11 is 0. The van der Waals surface area contributed by atoms with Crippen molar-refractivity contribution in [1.29, 1.82) is 0 Å². The quantitative estimate of drug-likeness (QED) is 0.346. The summed E-state index contributed by atoms with van der Waals surface area (Å²) in [4.78, 5) is 21.2. The minimum absolute atomic E-state index is 0.0761. The number of aryl methyl sites for hydroxylation is 1. The standard InChI is InChI=1S/C24H15F3N4O2/c1-14-7-9-15(10-8-14)12-29-31-13-28-20-19-17(24(25,26)27)11-18(16-5-3-2-4-6-16)30-22(19)33-21(20)23(31)32/h2-13H,1H3/b29-12+. The maximum Gasteiger partial charge on any atom is 0.417 e. The van der Waals surface area contributed by atoms with Gasteiger partial charge in [-0.15, -0.1) is 0 Å². The number of furan rings is 1. The molecule has 5 rings (SSSR count). The third-order valence-corrected chi connectivity index (χ3v) is 5.12. The van der Waals surface area contributed by atoms with E-state index in [1.807, 2.05) is 31.2 Å². The van der Waals surface area contributed by atoms with E-state index < -0.39 is 17.3 Å². The van der Waals surface area contributed by atoms with Crippen molar-refractivity contribution < 1.29 is 17.6 Å². The SMILES string of the molecule is Cc1ccc(/C=N/n2cnc3c(oc4nc(-c5ccccc5)cc(C(F)(F)F)c43)c2=O)cc1. The maximum absolute atomic E-state index is 13.9. The number of halogens is 3. The third-order valence-electron chi connectivity index (χ3n) is 5.12. The van der Waals surface area contributed by atoms with Gasteiger partial charge in [0.2, 0.25) is 11.3 Å². The normalized spacial score (nSPS) is 12.2. The van der Waals surface area contributed by atoms with Gasteiger partial charge in [-0.25, -0.2) is 9.97 Å². The van der Waals surface area contributed by atoms with E-state index in [1.54, 1.807) is 30.3 Å². The zero-order chi connectivity index (χ0) is 23.2. The van der Waals surface area contributed by atoms with Crippen molar-refractivity contribution in [3.8, 4) is 11.3 Å². The van der Waals surface area contributed by atoms with Gasteiger partial charge in [0.15, 0.2) is 0 Å². The van der Waals surface area contributed by atoms with E-state index in [2.05, 4.69) is 15.1 Å². The fourth-order valence-electron chi connectivity index (χ4n) is 3.46.